The lowest BCUT2D eigenvalue weighted by Crippen LogP contribution is -2.27. The largest absolute Gasteiger partial charge is 0.465 e. The first-order valence-electron chi connectivity index (χ1n) is 8.95. The van der Waals surface area contributed by atoms with E-state index in [0.717, 1.165) is 17.5 Å². The van der Waals surface area contributed by atoms with Gasteiger partial charge in [-0.05, 0) is 48.1 Å². The first-order chi connectivity index (χ1) is 13.1. The molecule has 0 aliphatic carbocycles. The van der Waals surface area contributed by atoms with E-state index in [0.29, 0.717) is 19.5 Å². The number of amides is 1. The molecule has 2 aromatic carbocycles. The van der Waals surface area contributed by atoms with Crippen LogP contribution in [0.15, 0.2) is 54.6 Å². The molecule has 1 saturated heterocycles. The third-order valence-electron chi connectivity index (χ3n) is 4.78. The Morgan fingerprint density at radius 3 is 2.74 bits per heavy atom. The van der Waals surface area contributed by atoms with Gasteiger partial charge in [0.25, 0.3) is 0 Å². The molecule has 3 rings (SSSR count). The number of carbonyl (C=O) groups is 2. The van der Waals surface area contributed by atoms with Crippen molar-refractivity contribution in [2.75, 3.05) is 20.2 Å². The molecule has 140 valence electrons. The molecule has 0 aromatic heterocycles. The third-order valence-corrected chi connectivity index (χ3v) is 4.78. The second-order valence-electron chi connectivity index (χ2n) is 6.69. The van der Waals surface area contributed by atoms with E-state index in [1.54, 1.807) is 18.2 Å². The fraction of sp³-hybridized carbons (Fsp3) is 0.273. The lowest BCUT2D eigenvalue weighted by molar-refractivity contribution is -0.125. The Morgan fingerprint density at radius 2 is 2.00 bits per heavy atom. The van der Waals surface area contributed by atoms with E-state index in [-0.39, 0.29) is 17.4 Å². The van der Waals surface area contributed by atoms with Crippen molar-refractivity contribution in [1.82, 2.24) is 4.90 Å². The summed E-state index contributed by atoms with van der Waals surface area (Å²) in [6.45, 7) is 1.36. The predicted molar refractivity (Wildman–Crippen MR) is 102 cm³/mol. The van der Waals surface area contributed by atoms with Crippen LogP contribution in [0, 0.1) is 11.7 Å². The van der Waals surface area contributed by atoms with Gasteiger partial charge in [-0.1, -0.05) is 36.4 Å². The highest BCUT2D eigenvalue weighted by Gasteiger charge is 2.25. The molecular formula is C22H22FNO3. The molecule has 1 amide bonds. The van der Waals surface area contributed by atoms with Crippen molar-refractivity contribution in [3.63, 3.8) is 0 Å². The summed E-state index contributed by atoms with van der Waals surface area (Å²) in [5, 5.41) is 0. The molecule has 1 heterocycles. The fourth-order valence-electron chi connectivity index (χ4n) is 3.34. The molecule has 1 aliphatic heterocycles. The Morgan fingerprint density at radius 1 is 1.22 bits per heavy atom. The average molecular weight is 367 g/mol. The molecule has 27 heavy (non-hydrogen) atoms. The number of esters is 1. The number of nitrogens with zero attached hydrogens (tertiary/aromatic N) is 1. The average Bonchev–Trinajstić information content (AvgIpc) is 3.16. The monoisotopic (exact) mass is 367 g/mol. The fourth-order valence-corrected chi connectivity index (χ4v) is 3.34. The molecule has 1 unspecified atom stereocenters. The molecule has 2 aromatic rings. The number of benzene rings is 2. The lowest BCUT2D eigenvalue weighted by Gasteiger charge is -2.15. The Bertz CT molecular complexity index is 848. The van der Waals surface area contributed by atoms with Gasteiger partial charge in [0.15, 0.2) is 0 Å². The number of carbonyl (C=O) groups excluding carboxylic acids is 2. The van der Waals surface area contributed by atoms with E-state index in [2.05, 4.69) is 4.74 Å². The topological polar surface area (TPSA) is 46.6 Å². The van der Waals surface area contributed by atoms with Gasteiger partial charge >= 0.3 is 5.97 Å². The summed E-state index contributed by atoms with van der Waals surface area (Å²) in [5.41, 5.74) is 1.81. The zero-order valence-electron chi connectivity index (χ0n) is 15.2. The summed E-state index contributed by atoms with van der Waals surface area (Å²) in [7, 11) is 1.23. The van der Waals surface area contributed by atoms with Crippen molar-refractivity contribution in [3.8, 4) is 0 Å². The maximum Gasteiger partial charge on any atom is 0.340 e. The summed E-state index contributed by atoms with van der Waals surface area (Å²) in [4.78, 5) is 25.8. The van der Waals surface area contributed by atoms with Crippen molar-refractivity contribution in [2.45, 2.75) is 12.8 Å². The first-order valence-corrected chi connectivity index (χ1v) is 8.95. The van der Waals surface area contributed by atoms with Gasteiger partial charge in [0, 0.05) is 19.2 Å². The van der Waals surface area contributed by atoms with E-state index in [1.807, 2.05) is 41.3 Å². The minimum atomic E-state index is -0.677. The number of methoxy groups -OCH3 is 1. The number of halogens is 1. The van der Waals surface area contributed by atoms with Crippen LogP contribution >= 0.6 is 0 Å². The number of rotatable bonds is 5. The van der Waals surface area contributed by atoms with Crippen LogP contribution in [0.4, 0.5) is 4.39 Å². The van der Waals surface area contributed by atoms with Gasteiger partial charge in [-0.25, -0.2) is 9.18 Å². The summed E-state index contributed by atoms with van der Waals surface area (Å²) in [6.07, 6.45) is 5.00. The highest BCUT2D eigenvalue weighted by Crippen LogP contribution is 2.23. The second kappa shape index (κ2) is 8.62. The van der Waals surface area contributed by atoms with E-state index in [4.69, 9.17) is 0 Å². The van der Waals surface area contributed by atoms with Crippen LogP contribution in [0.25, 0.3) is 6.08 Å². The standard InChI is InChI=1S/C22H22FNO3/c1-27-22(26)19-14-17(7-9-20(19)23)13-18-11-12-24(15-18)21(25)10-8-16-5-3-2-4-6-16/h2-10,14,18H,11-13,15H2,1H3/b10-8+. The van der Waals surface area contributed by atoms with Crippen molar-refractivity contribution < 1.29 is 18.7 Å². The van der Waals surface area contributed by atoms with Gasteiger partial charge in [-0.15, -0.1) is 0 Å². The number of hydrogen-bond donors (Lipinski definition) is 0. The molecule has 4 nitrogen and oxygen atoms in total. The van der Waals surface area contributed by atoms with Crippen LogP contribution < -0.4 is 0 Å². The van der Waals surface area contributed by atoms with Crippen molar-refractivity contribution in [3.05, 3.63) is 77.1 Å². The highest BCUT2D eigenvalue weighted by atomic mass is 19.1. The second-order valence-corrected chi connectivity index (χ2v) is 6.69. The van der Waals surface area contributed by atoms with Gasteiger partial charge in [-0.2, -0.15) is 0 Å². The first kappa shape index (κ1) is 18.8. The van der Waals surface area contributed by atoms with E-state index >= 15 is 0 Å². The zero-order valence-corrected chi connectivity index (χ0v) is 15.2. The van der Waals surface area contributed by atoms with Crippen LogP contribution in [-0.2, 0) is 16.0 Å². The molecule has 1 atom stereocenters. The maximum atomic E-state index is 13.8. The van der Waals surface area contributed by atoms with Crippen molar-refractivity contribution >= 4 is 18.0 Å². The number of likely N-dealkylation sites (tertiary alicyclic amines) is 1. The van der Waals surface area contributed by atoms with Gasteiger partial charge in [0.05, 0.1) is 12.7 Å². The third kappa shape index (κ3) is 4.82. The van der Waals surface area contributed by atoms with Crippen LogP contribution in [0.5, 0.6) is 0 Å². The molecule has 1 aliphatic rings. The van der Waals surface area contributed by atoms with Crippen LogP contribution in [0.2, 0.25) is 0 Å². The van der Waals surface area contributed by atoms with E-state index < -0.39 is 11.8 Å². The van der Waals surface area contributed by atoms with E-state index in [1.165, 1.54) is 13.2 Å². The molecular weight excluding hydrogens is 345 g/mol. The minimum absolute atomic E-state index is 0.00397. The van der Waals surface area contributed by atoms with Gasteiger partial charge in [0.2, 0.25) is 5.91 Å². The summed E-state index contributed by atoms with van der Waals surface area (Å²) < 4.78 is 18.4. The Kier molecular flexibility index (Phi) is 6.01. The normalized spacial score (nSPS) is 16.7. The Labute approximate surface area is 158 Å². The van der Waals surface area contributed by atoms with Crippen molar-refractivity contribution in [1.29, 1.82) is 0 Å². The minimum Gasteiger partial charge on any atom is -0.465 e. The summed E-state index contributed by atoms with van der Waals surface area (Å²) >= 11 is 0. The lowest BCUT2D eigenvalue weighted by atomic mass is 9.97. The molecule has 0 radical (unpaired) electrons. The number of hydrogen-bond acceptors (Lipinski definition) is 3. The van der Waals surface area contributed by atoms with E-state index in [9.17, 15) is 14.0 Å². The van der Waals surface area contributed by atoms with Gasteiger partial charge < -0.3 is 9.64 Å². The molecule has 1 fully saturated rings. The molecule has 5 heteroatoms. The maximum absolute atomic E-state index is 13.8. The van der Waals surface area contributed by atoms with Crippen molar-refractivity contribution in [2.24, 2.45) is 5.92 Å². The Balaban J connectivity index is 1.59. The van der Waals surface area contributed by atoms with Crippen LogP contribution in [0.3, 0.4) is 0 Å². The summed E-state index contributed by atoms with van der Waals surface area (Å²) in [5.74, 6) is -0.978. The predicted octanol–water partition coefficient (Wildman–Crippen LogP) is 3.72. The molecule has 0 N–H and O–H groups in total. The smallest absolute Gasteiger partial charge is 0.340 e. The Hall–Kier alpha value is -2.95. The van der Waals surface area contributed by atoms with Gasteiger partial charge in [-0.3, -0.25) is 4.79 Å². The SMILES string of the molecule is COC(=O)c1cc(CC2CCN(C(=O)/C=C/c3ccccc3)C2)ccc1F. The molecule has 0 spiro atoms. The highest BCUT2D eigenvalue weighted by molar-refractivity contribution is 5.92. The van der Waals surface area contributed by atoms with Crippen LogP contribution in [-0.4, -0.2) is 37.0 Å². The van der Waals surface area contributed by atoms with Gasteiger partial charge in [0.1, 0.15) is 5.82 Å². The zero-order chi connectivity index (χ0) is 19.2. The number of ether oxygens (including phenoxy) is 1. The molecule has 0 bridgehead atoms. The molecule has 0 saturated carbocycles. The quantitative estimate of drug-likeness (QED) is 0.598. The summed E-state index contributed by atoms with van der Waals surface area (Å²) in [6, 6.07) is 14.2. The van der Waals surface area contributed by atoms with Crippen LogP contribution in [0.1, 0.15) is 27.9 Å².